The van der Waals surface area contributed by atoms with Crippen molar-refractivity contribution in [1.29, 1.82) is 0 Å². The van der Waals surface area contributed by atoms with E-state index in [9.17, 15) is 8.42 Å². The average molecular weight is 246 g/mol. The molecular formula is C11H22N2O2S. The van der Waals surface area contributed by atoms with Crippen molar-refractivity contribution >= 4 is 10.0 Å². The molecule has 2 aliphatic rings. The van der Waals surface area contributed by atoms with E-state index in [1.807, 2.05) is 0 Å². The third-order valence-corrected chi connectivity index (χ3v) is 5.05. The van der Waals surface area contributed by atoms with Crippen molar-refractivity contribution in [3.05, 3.63) is 0 Å². The van der Waals surface area contributed by atoms with Crippen LogP contribution < -0.4 is 5.73 Å². The predicted molar refractivity (Wildman–Crippen MR) is 64.5 cm³/mol. The van der Waals surface area contributed by atoms with E-state index in [0.29, 0.717) is 31.0 Å². The van der Waals surface area contributed by atoms with Gasteiger partial charge in [-0.25, -0.2) is 12.7 Å². The maximum atomic E-state index is 11.5. The van der Waals surface area contributed by atoms with Crippen molar-refractivity contribution in [2.75, 3.05) is 19.3 Å². The first-order valence-electron chi connectivity index (χ1n) is 6.17. The van der Waals surface area contributed by atoms with E-state index >= 15 is 0 Å². The van der Waals surface area contributed by atoms with Gasteiger partial charge in [0.15, 0.2) is 0 Å². The molecule has 2 fully saturated rings. The zero-order valence-corrected chi connectivity index (χ0v) is 10.7. The molecule has 2 atom stereocenters. The first-order valence-corrected chi connectivity index (χ1v) is 8.02. The second kappa shape index (κ2) is 4.63. The molecule has 2 N–H and O–H groups in total. The van der Waals surface area contributed by atoms with Crippen molar-refractivity contribution in [2.24, 2.45) is 17.6 Å². The molecule has 1 saturated heterocycles. The number of nitrogens with two attached hydrogens (primary N) is 1. The van der Waals surface area contributed by atoms with Crippen molar-refractivity contribution in [3.63, 3.8) is 0 Å². The van der Waals surface area contributed by atoms with E-state index in [4.69, 9.17) is 5.73 Å². The van der Waals surface area contributed by atoms with Gasteiger partial charge in [0.05, 0.1) is 6.26 Å². The van der Waals surface area contributed by atoms with Gasteiger partial charge in [-0.2, -0.15) is 0 Å². The van der Waals surface area contributed by atoms with Crippen LogP contribution in [-0.4, -0.2) is 38.1 Å². The predicted octanol–water partition coefficient (Wildman–Crippen LogP) is 0.785. The average Bonchev–Trinajstić information content (AvgIpc) is 2.99. The molecule has 94 valence electrons. The van der Waals surface area contributed by atoms with Crippen LogP contribution in [0.15, 0.2) is 0 Å². The third-order valence-electron chi connectivity index (χ3n) is 3.78. The fraction of sp³-hybridized carbons (Fsp3) is 1.00. The Hall–Kier alpha value is -0.130. The van der Waals surface area contributed by atoms with Crippen molar-refractivity contribution in [2.45, 2.75) is 38.1 Å². The zero-order chi connectivity index (χ0) is 11.8. The molecule has 0 aromatic heterocycles. The van der Waals surface area contributed by atoms with Crippen LogP contribution in [0.25, 0.3) is 0 Å². The van der Waals surface area contributed by atoms with Gasteiger partial charge < -0.3 is 5.73 Å². The molecular weight excluding hydrogens is 224 g/mol. The molecule has 1 aliphatic carbocycles. The van der Waals surface area contributed by atoms with Crippen LogP contribution in [0.3, 0.4) is 0 Å². The van der Waals surface area contributed by atoms with Gasteiger partial charge in [0.2, 0.25) is 10.0 Å². The molecule has 0 spiro atoms. The number of sulfonamides is 1. The van der Waals surface area contributed by atoms with Crippen molar-refractivity contribution < 1.29 is 8.42 Å². The van der Waals surface area contributed by atoms with E-state index in [2.05, 4.69) is 0 Å². The highest BCUT2D eigenvalue weighted by Crippen LogP contribution is 2.35. The van der Waals surface area contributed by atoms with Gasteiger partial charge >= 0.3 is 0 Å². The quantitative estimate of drug-likeness (QED) is 0.797. The second-order valence-electron chi connectivity index (χ2n) is 5.37. The molecule has 4 nitrogen and oxygen atoms in total. The molecule has 5 heteroatoms. The van der Waals surface area contributed by atoms with Crippen LogP contribution in [0.2, 0.25) is 0 Å². The van der Waals surface area contributed by atoms with E-state index in [1.165, 1.54) is 19.1 Å². The molecule has 0 amide bonds. The Labute approximate surface area is 98.2 Å². The smallest absolute Gasteiger partial charge is 0.211 e. The highest BCUT2D eigenvalue weighted by molar-refractivity contribution is 7.88. The van der Waals surface area contributed by atoms with Gasteiger partial charge in [-0.3, -0.25) is 0 Å². The van der Waals surface area contributed by atoms with Gasteiger partial charge in [-0.1, -0.05) is 0 Å². The van der Waals surface area contributed by atoms with Crippen LogP contribution in [-0.2, 0) is 10.0 Å². The number of nitrogens with zero attached hydrogens (tertiary/aromatic N) is 1. The Morgan fingerprint density at radius 1 is 1.38 bits per heavy atom. The molecule has 0 aromatic carbocycles. The largest absolute Gasteiger partial charge is 0.327 e. The van der Waals surface area contributed by atoms with Crippen LogP contribution in [0.1, 0.15) is 32.1 Å². The minimum absolute atomic E-state index is 0.296. The van der Waals surface area contributed by atoms with E-state index < -0.39 is 10.0 Å². The van der Waals surface area contributed by atoms with Gasteiger partial charge in [-0.05, 0) is 43.9 Å². The topological polar surface area (TPSA) is 63.4 Å². The second-order valence-corrected chi connectivity index (χ2v) is 7.35. The van der Waals surface area contributed by atoms with Crippen LogP contribution in [0, 0.1) is 11.8 Å². The summed E-state index contributed by atoms with van der Waals surface area (Å²) in [5.41, 5.74) is 6.10. The lowest BCUT2D eigenvalue weighted by molar-refractivity contribution is 0.242. The molecule has 1 saturated carbocycles. The van der Waals surface area contributed by atoms with Gasteiger partial charge in [0.1, 0.15) is 0 Å². The minimum Gasteiger partial charge on any atom is -0.327 e. The van der Waals surface area contributed by atoms with Gasteiger partial charge in [0, 0.05) is 19.1 Å². The molecule has 1 heterocycles. The maximum Gasteiger partial charge on any atom is 0.211 e. The van der Waals surface area contributed by atoms with Crippen molar-refractivity contribution in [1.82, 2.24) is 4.31 Å². The summed E-state index contributed by atoms with van der Waals surface area (Å²) in [5.74, 6) is 1.19. The summed E-state index contributed by atoms with van der Waals surface area (Å²) in [4.78, 5) is 0. The Bertz CT molecular complexity index is 338. The molecule has 0 radical (unpaired) electrons. The summed E-state index contributed by atoms with van der Waals surface area (Å²) in [6, 6.07) is 0.296. The molecule has 0 bridgehead atoms. The fourth-order valence-corrected chi connectivity index (χ4v) is 3.56. The molecule has 2 unspecified atom stereocenters. The standard InChI is InChI=1S/C11H22N2O2S/c1-16(14,15)13-6-2-3-9(8-13)7-11(12)10-4-5-10/h9-11H,2-8,12H2,1H3. The lowest BCUT2D eigenvalue weighted by Gasteiger charge is -2.32. The summed E-state index contributed by atoms with van der Waals surface area (Å²) >= 11 is 0. The third kappa shape index (κ3) is 3.18. The highest BCUT2D eigenvalue weighted by Gasteiger charge is 2.32. The minimum atomic E-state index is -3.01. The van der Waals surface area contributed by atoms with Gasteiger partial charge in [-0.15, -0.1) is 0 Å². The number of piperidine rings is 1. The normalized spacial score (nSPS) is 30.2. The van der Waals surface area contributed by atoms with Crippen LogP contribution >= 0.6 is 0 Å². The lowest BCUT2D eigenvalue weighted by Crippen LogP contribution is -2.41. The monoisotopic (exact) mass is 246 g/mol. The summed E-state index contributed by atoms with van der Waals surface area (Å²) in [5, 5.41) is 0. The Balaban J connectivity index is 1.86. The molecule has 0 aromatic rings. The number of hydrogen-bond acceptors (Lipinski definition) is 3. The van der Waals surface area contributed by atoms with Gasteiger partial charge in [0.25, 0.3) is 0 Å². The summed E-state index contributed by atoms with van der Waals surface area (Å²) < 4.78 is 24.5. The summed E-state index contributed by atoms with van der Waals surface area (Å²) in [6.07, 6.45) is 6.95. The Morgan fingerprint density at radius 3 is 2.62 bits per heavy atom. The van der Waals surface area contributed by atoms with E-state index in [0.717, 1.165) is 19.3 Å². The van der Waals surface area contributed by atoms with Crippen LogP contribution in [0.5, 0.6) is 0 Å². The first kappa shape index (κ1) is 12.3. The van der Waals surface area contributed by atoms with E-state index in [-0.39, 0.29) is 0 Å². The number of hydrogen-bond donors (Lipinski definition) is 1. The zero-order valence-electron chi connectivity index (χ0n) is 9.93. The SMILES string of the molecule is CS(=O)(=O)N1CCCC(CC(N)C2CC2)C1. The summed E-state index contributed by atoms with van der Waals surface area (Å²) in [6.45, 7) is 1.37. The van der Waals surface area contributed by atoms with Crippen molar-refractivity contribution in [3.8, 4) is 0 Å². The molecule has 1 aliphatic heterocycles. The number of rotatable bonds is 4. The molecule has 16 heavy (non-hydrogen) atoms. The fourth-order valence-electron chi connectivity index (χ4n) is 2.62. The Morgan fingerprint density at radius 2 is 2.06 bits per heavy atom. The maximum absolute atomic E-state index is 11.5. The highest BCUT2D eigenvalue weighted by atomic mass is 32.2. The lowest BCUT2D eigenvalue weighted by atomic mass is 9.91. The first-order chi connectivity index (χ1) is 7.47. The Kier molecular flexibility index (Phi) is 3.56. The summed E-state index contributed by atoms with van der Waals surface area (Å²) in [7, 11) is -3.01. The van der Waals surface area contributed by atoms with E-state index in [1.54, 1.807) is 4.31 Å². The molecule has 2 rings (SSSR count). The van der Waals surface area contributed by atoms with Crippen LogP contribution in [0.4, 0.5) is 0 Å².